The summed E-state index contributed by atoms with van der Waals surface area (Å²) >= 11 is 1.36. The molecule has 0 saturated heterocycles. The third-order valence-corrected chi connectivity index (χ3v) is 8.08. The molecule has 0 aliphatic rings. The second kappa shape index (κ2) is 16.0. The van der Waals surface area contributed by atoms with E-state index >= 15 is 0 Å². The topological polar surface area (TPSA) is 0 Å². The van der Waals surface area contributed by atoms with E-state index in [9.17, 15) is 0 Å². The molecular weight excluding hydrogens is 624 g/mol. The van der Waals surface area contributed by atoms with Crippen molar-refractivity contribution in [2.75, 3.05) is 0 Å². The molecule has 2 radical (unpaired) electrons. The molecule has 0 bridgehead atoms. The van der Waals surface area contributed by atoms with Crippen LogP contribution >= 0.6 is 0 Å². The van der Waals surface area contributed by atoms with Gasteiger partial charge < -0.3 is 14.9 Å². The van der Waals surface area contributed by atoms with E-state index in [0.717, 1.165) is 0 Å². The van der Waals surface area contributed by atoms with Crippen molar-refractivity contribution >= 4 is 28.4 Å². The van der Waals surface area contributed by atoms with E-state index in [4.69, 9.17) is 0 Å². The van der Waals surface area contributed by atoms with Gasteiger partial charge in [0.1, 0.15) is 0 Å². The predicted octanol–water partition coefficient (Wildman–Crippen LogP) is 12.3. The van der Waals surface area contributed by atoms with Crippen LogP contribution in [0.15, 0.2) is 103 Å². The van der Waals surface area contributed by atoms with Crippen LogP contribution in [0.3, 0.4) is 0 Å². The summed E-state index contributed by atoms with van der Waals surface area (Å²) in [5, 5.41) is 5.47. The number of hydrogen-bond donors (Lipinski definition) is 0. The Labute approximate surface area is 284 Å². The number of rotatable bonds is 3. The van der Waals surface area contributed by atoms with Gasteiger partial charge in [-0.15, -0.1) is 68.6 Å². The molecule has 2 heteroatoms. The molecule has 0 aliphatic carbocycles. The van der Waals surface area contributed by atoms with E-state index in [2.05, 4.69) is 165 Å². The van der Waals surface area contributed by atoms with Crippen LogP contribution in [0.1, 0.15) is 68.4 Å². The van der Waals surface area contributed by atoms with Crippen LogP contribution in [-0.2, 0) is 28.8 Å². The van der Waals surface area contributed by atoms with Gasteiger partial charge in [-0.25, -0.2) is 0 Å². The Morgan fingerprint density at radius 1 is 0.659 bits per heavy atom. The van der Waals surface area contributed by atoms with Crippen LogP contribution in [0.5, 0.6) is 0 Å². The summed E-state index contributed by atoms with van der Waals surface area (Å²) in [5.74, 6) is 0.573. The zero-order chi connectivity index (χ0) is 30.6. The standard InChI is InChI=1S/C22H25.C18H17.2CH3.Si.Zr/c1-15(2)18-13-17-7-6-8-20(21(17)14-18)16-9-11-19(12-10-16)22(3,4)5;1-12-5-4-6-15(9-12)16-8-7-14(3)17-10-13(2)11-18(16)17;;;;/h6-15H,1-5H3;4-11H,1-3H3;2*1H3;;/q4*-1;;. The maximum absolute atomic E-state index is 3.06. The molecule has 0 nitrogen and oxygen atoms in total. The fourth-order valence-corrected chi connectivity index (χ4v) is 5.65. The first-order chi connectivity index (χ1) is 20.0. The second-order valence-corrected chi connectivity index (χ2v) is 12.7. The fourth-order valence-electron chi connectivity index (χ4n) is 5.65. The monoisotopic (exact) mass is 670 g/mol. The van der Waals surface area contributed by atoms with Crippen molar-refractivity contribution < 1.29 is 23.3 Å². The van der Waals surface area contributed by atoms with Gasteiger partial charge in [0.05, 0.1) is 0 Å². The average molecular weight is 672 g/mol. The van der Waals surface area contributed by atoms with Crippen LogP contribution in [0.25, 0.3) is 43.8 Å². The van der Waals surface area contributed by atoms with E-state index < -0.39 is 0 Å². The van der Waals surface area contributed by atoms with Crippen molar-refractivity contribution in [3.8, 4) is 22.3 Å². The van der Waals surface area contributed by atoms with Gasteiger partial charge in [0.15, 0.2) is 0 Å². The number of benzene rings is 4. The molecule has 6 rings (SSSR count). The van der Waals surface area contributed by atoms with Crippen molar-refractivity contribution in [3.05, 3.63) is 146 Å². The first-order valence-corrected chi connectivity index (χ1v) is 19.0. The van der Waals surface area contributed by atoms with Gasteiger partial charge in [-0.1, -0.05) is 126 Å². The van der Waals surface area contributed by atoms with E-state index in [0.29, 0.717) is 5.92 Å². The Balaban J connectivity index is 0.000000283. The molecule has 0 spiro atoms. The summed E-state index contributed by atoms with van der Waals surface area (Å²) in [6.45, 7) is 20.8. The minimum absolute atomic E-state index is 0. The van der Waals surface area contributed by atoms with Crippen LogP contribution in [-0.4, -0.2) is 6.88 Å². The molecule has 0 atom stereocenters. The van der Waals surface area contributed by atoms with Gasteiger partial charge in [0.2, 0.25) is 0 Å². The van der Waals surface area contributed by atoms with E-state index in [-0.39, 0.29) is 20.3 Å². The first kappa shape index (κ1) is 37.4. The number of hydrogen-bond acceptors (Lipinski definition) is 0. The second-order valence-electron chi connectivity index (χ2n) is 12.7. The normalized spacial score (nSPS) is 10.7. The van der Waals surface area contributed by atoms with Gasteiger partial charge in [-0.05, 0) is 34.9 Å². The van der Waals surface area contributed by atoms with Crippen molar-refractivity contribution in [2.24, 2.45) is 0 Å². The van der Waals surface area contributed by atoms with Crippen molar-refractivity contribution in [2.45, 2.75) is 66.7 Å². The molecule has 0 N–H and O–H groups in total. The van der Waals surface area contributed by atoms with E-state index in [1.54, 1.807) is 0 Å². The van der Waals surface area contributed by atoms with E-state index in [1.807, 2.05) is 0 Å². The maximum atomic E-state index is 3.06. The van der Waals surface area contributed by atoms with Crippen LogP contribution in [0.4, 0.5) is 0 Å². The van der Waals surface area contributed by atoms with Gasteiger partial charge in [0, 0.05) is 0 Å². The van der Waals surface area contributed by atoms with Gasteiger partial charge in [0.25, 0.3) is 0 Å². The van der Waals surface area contributed by atoms with Crippen molar-refractivity contribution in [1.82, 2.24) is 0 Å². The van der Waals surface area contributed by atoms with E-state index in [1.165, 1.54) is 95.0 Å². The zero-order valence-corrected chi connectivity index (χ0v) is 31.9. The molecule has 228 valence electrons. The summed E-state index contributed by atoms with van der Waals surface area (Å²) in [6.07, 6.45) is 0. The Bertz CT molecular complexity index is 1790. The predicted molar refractivity (Wildman–Crippen MR) is 196 cm³/mol. The zero-order valence-electron chi connectivity index (χ0n) is 28.4. The molecule has 6 aromatic carbocycles. The Hall–Kier alpha value is -2.80. The Kier molecular flexibility index (Phi) is 13.6. The van der Waals surface area contributed by atoms with Crippen LogP contribution < -0.4 is 0 Å². The summed E-state index contributed by atoms with van der Waals surface area (Å²) < 4.78 is 0. The summed E-state index contributed by atoms with van der Waals surface area (Å²) in [6, 6.07) is 38.1. The Morgan fingerprint density at radius 2 is 1.30 bits per heavy atom. The molecule has 0 saturated carbocycles. The molecule has 0 amide bonds. The molecule has 0 heterocycles. The third-order valence-electron chi connectivity index (χ3n) is 8.08. The molecule has 6 aromatic rings. The van der Waals surface area contributed by atoms with Crippen LogP contribution in [0.2, 0.25) is 0 Å². The number of aryl methyl sites for hydroxylation is 3. The summed E-state index contributed by atoms with van der Waals surface area (Å²) in [4.78, 5) is 0. The average Bonchev–Trinajstić information content (AvgIpc) is 3.59. The number of fused-ring (bicyclic) bond motifs is 2. The molecule has 0 aromatic heterocycles. The fraction of sp³-hybridized carbons (Fsp3) is 0.238. The summed E-state index contributed by atoms with van der Waals surface area (Å²) in [7, 11) is 0. The van der Waals surface area contributed by atoms with Crippen molar-refractivity contribution in [3.63, 3.8) is 0 Å². The van der Waals surface area contributed by atoms with Crippen LogP contribution in [0, 0.1) is 35.6 Å². The van der Waals surface area contributed by atoms with Gasteiger partial charge in [-0.2, -0.15) is 12.1 Å². The molecular formula is C42H48SiZr-4. The molecule has 44 heavy (non-hydrogen) atoms. The minimum atomic E-state index is 0. The Morgan fingerprint density at radius 3 is 1.91 bits per heavy atom. The van der Waals surface area contributed by atoms with Crippen molar-refractivity contribution in [1.29, 1.82) is 0 Å². The summed E-state index contributed by atoms with van der Waals surface area (Å²) in [5.41, 5.74) is 12.3. The van der Waals surface area contributed by atoms with Gasteiger partial charge in [-0.3, -0.25) is 0 Å². The molecule has 0 unspecified atom stereocenters. The molecule has 0 fully saturated rings. The van der Waals surface area contributed by atoms with Gasteiger partial charge >= 0.3 is 30.2 Å². The molecule has 0 aliphatic heterocycles. The SMILES string of the molecule is CC(C)c1cc2c(-c3ccc(C(C)(C)C)cc3)cccc2[cH-]1.Cc1cccc(-c2ccc(C)c3[cH-]c(C)cc23)c1.[CH3-].[CH3-].[Si]=[Zr]. The first-order valence-electron chi connectivity index (χ1n) is 14.8. The quantitative estimate of drug-likeness (QED) is 0.130. The third kappa shape index (κ3) is 8.47.